The molecule has 2 aromatic carbocycles. The van der Waals surface area contributed by atoms with Gasteiger partial charge in [-0.1, -0.05) is 47.2 Å². The van der Waals surface area contributed by atoms with Gasteiger partial charge in [-0.25, -0.2) is 0 Å². The summed E-state index contributed by atoms with van der Waals surface area (Å²) in [6.45, 7) is -0.327. The van der Waals surface area contributed by atoms with Gasteiger partial charge < -0.3 is 19.9 Å². The number of ether oxygens (including phenoxy) is 2. The van der Waals surface area contributed by atoms with Gasteiger partial charge in [0.2, 0.25) is 0 Å². The van der Waals surface area contributed by atoms with E-state index in [9.17, 15) is 14.4 Å². The molecule has 0 spiro atoms. The molecule has 2 amide bonds. The van der Waals surface area contributed by atoms with Crippen molar-refractivity contribution in [1.29, 1.82) is 0 Å². The number of thioether (sulfide) groups is 1. The third-order valence-corrected chi connectivity index (χ3v) is 6.36. The fourth-order valence-electron chi connectivity index (χ4n) is 2.88. The maximum absolute atomic E-state index is 12.6. The zero-order valence-electron chi connectivity index (χ0n) is 17.7. The molecule has 34 heavy (non-hydrogen) atoms. The minimum absolute atomic E-state index is 0.00766. The summed E-state index contributed by atoms with van der Waals surface area (Å²) in [6, 6.07) is 9.77. The number of carbonyl (C=O) groups is 3. The number of thiocarbonyl (C=S) groups is 1. The Labute approximate surface area is 214 Å². The van der Waals surface area contributed by atoms with Crippen molar-refractivity contribution >= 4 is 81.0 Å². The number of aliphatic carboxylic acids is 1. The number of anilines is 1. The summed E-state index contributed by atoms with van der Waals surface area (Å²) in [6.07, 6.45) is 1.36. The van der Waals surface area contributed by atoms with Crippen molar-refractivity contribution in [3.05, 3.63) is 56.9 Å². The van der Waals surface area contributed by atoms with E-state index in [-0.39, 0.29) is 46.3 Å². The van der Waals surface area contributed by atoms with Crippen LogP contribution in [0.1, 0.15) is 12.0 Å². The Morgan fingerprint density at radius 2 is 1.94 bits per heavy atom. The summed E-state index contributed by atoms with van der Waals surface area (Å²) in [4.78, 5) is 37.2. The van der Waals surface area contributed by atoms with Crippen LogP contribution in [0.5, 0.6) is 11.5 Å². The molecule has 0 saturated carbocycles. The van der Waals surface area contributed by atoms with Crippen molar-refractivity contribution in [1.82, 2.24) is 4.90 Å². The molecular formula is C22H18Cl2N2O6S2. The van der Waals surface area contributed by atoms with E-state index in [0.717, 1.165) is 11.8 Å². The van der Waals surface area contributed by atoms with Crippen LogP contribution in [0.25, 0.3) is 6.08 Å². The molecule has 2 N–H and O–H groups in total. The van der Waals surface area contributed by atoms with Gasteiger partial charge in [-0.3, -0.25) is 19.3 Å². The van der Waals surface area contributed by atoms with Crippen molar-refractivity contribution in [2.24, 2.45) is 0 Å². The number of hydrogen-bond donors (Lipinski definition) is 2. The molecule has 0 radical (unpaired) electrons. The number of nitrogens with zero attached hydrogens (tertiary/aromatic N) is 1. The van der Waals surface area contributed by atoms with E-state index >= 15 is 0 Å². The number of benzene rings is 2. The molecule has 3 rings (SSSR count). The third kappa shape index (κ3) is 6.63. The lowest BCUT2D eigenvalue weighted by Crippen LogP contribution is -2.30. The van der Waals surface area contributed by atoms with E-state index < -0.39 is 11.9 Å². The highest BCUT2D eigenvalue weighted by Crippen LogP contribution is 2.39. The van der Waals surface area contributed by atoms with Crippen molar-refractivity contribution in [3.63, 3.8) is 0 Å². The predicted octanol–water partition coefficient (Wildman–Crippen LogP) is 4.70. The van der Waals surface area contributed by atoms with Crippen LogP contribution in [0.15, 0.2) is 41.3 Å². The van der Waals surface area contributed by atoms with Gasteiger partial charge in [0, 0.05) is 17.3 Å². The number of hydrogen-bond acceptors (Lipinski definition) is 7. The van der Waals surface area contributed by atoms with Gasteiger partial charge in [0.25, 0.3) is 11.8 Å². The largest absolute Gasteiger partial charge is 0.493 e. The Morgan fingerprint density at radius 3 is 2.59 bits per heavy atom. The molecule has 8 nitrogen and oxygen atoms in total. The van der Waals surface area contributed by atoms with Crippen LogP contribution < -0.4 is 14.8 Å². The fraction of sp³-hybridized carbons (Fsp3) is 0.182. The SMILES string of the molecule is COc1cc(/C=C2\SC(=S)N(CCC(=O)O)C2=O)cc(Cl)c1OCC(=O)Nc1ccc(Cl)cc1. The first kappa shape index (κ1) is 25.8. The van der Waals surface area contributed by atoms with Crippen molar-refractivity contribution < 1.29 is 29.0 Å². The highest BCUT2D eigenvalue weighted by atomic mass is 35.5. The minimum Gasteiger partial charge on any atom is -0.493 e. The first-order valence-corrected chi connectivity index (χ1v) is 11.7. The van der Waals surface area contributed by atoms with E-state index in [1.807, 2.05) is 0 Å². The quantitative estimate of drug-likeness (QED) is 0.348. The molecule has 1 aliphatic heterocycles. The van der Waals surface area contributed by atoms with Crippen LogP contribution in [-0.2, 0) is 14.4 Å². The van der Waals surface area contributed by atoms with Crippen LogP contribution in [0, 0.1) is 0 Å². The number of rotatable bonds is 9. The van der Waals surface area contributed by atoms with Gasteiger partial charge in [-0.2, -0.15) is 0 Å². The standard InChI is InChI=1S/C22H18Cl2N2O6S2/c1-31-16-9-12(10-17-21(30)26(22(33)34-17)7-6-19(28)29)8-15(24)20(16)32-11-18(27)25-14-4-2-13(23)3-5-14/h2-5,8-10H,6-7,11H2,1H3,(H,25,27)(H,28,29)/b17-10-. The Balaban J connectivity index is 1.71. The number of carboxylic acids is 1. The maximum atomic E-state index is 12.6. The number of amides is 2. The molecule has 12 heteroatoms. The Kier molecular flexibility index (Phi) is 8.78. The second kappa shape index (κ2) is 11.6. The third-order valence-electron chi connectivity index (χ3n) is 4.45. The van der Waals surface area contributed by atoms with E-state index in [1.54, 1.807) is 42.5 Å². The highest BCUT2D eigenvalue weighted by molar-refractivity contribution is 8.26. The molecule has 1 heterocycles. The second-order valence-corrected chi connectivity index (χ2v) is 9.37. The summed E-state index contributed by atoms with van der Waals surface area (Å²) in [7, 11) is 1.42. The van der Waals surface area contributed by atoms with Crippen LogP contribution in [-0.4, -0.2) is 52.4 Å². The molecule has 2 aromatic rings. The highest BCUT2D eigenvalue weighted by Gasteiger charge is 2.32. The molecule has 0 aliphatic carbocycles. The Hall–Kier alpha value is -2.79. The summed E-state index contributed by atoms with van der Waals surface area (Å²) in [5.74, 6) is -1.38. The van der Waals surface area contributed by atoms with E-state index in [0.29, 0.717) is 21.2 Å². The normalized spacial score (nSPS) is 14.4. The van der Waals surface area contributed by atoms with E-state index in [2.05, 4.69) is 5.32 Å². The maximum Gasteiger partial charge on any atom is 0.305 e. The molecule has 1 aliphatic rings. The number of carbonyl (C=O) groups excluding carboxylic acids is 2. The van der Waals surface area contributed by atoms with Crippen LogP contribution in [0.3, 0.4) is 0 Å². The monoisotopic (exact) mass is 540 g/mol. The Bertz CT molecular complexity index is 1170. The predicted molar refractivity (Wildman–Crippen MR) is 136 cm³/mol. The lowest BCUT2D eigenvalue weighted by molar-refractivity contribution is -0.137. The summed E-state index contributed by atoms with van der Waals surface area (Å²) < 4.78 is 11.2. The first-order chi connectivity index (χ1) is 16.2. The molecule has 0 unspecified atom stereocenters. The van der Waals surface area contributed by atoms with Crippen molar-refractivity contribution in [3.8, 4) is 11.5 Å². The number of carboxylic acid groups (broad SMARTS) is 1. The van der Waals surface area contributed by atoms with Gasteiger partial charge in [0.05, 0.1) is 23.5 Å². The number of halogens is 2. The number of nitrogens with one attached hydrogen (secondary N) is 1. The lowest BCUT2D eigenvalue weighted by atomic mass is 10.1. The zero-order chi connectivity index (χ0) is 24.8. The van der Waals surface area contributed by atoms with Gasteiger partial charge in [-0.15, -0.1) is 0 Å². The van der Waals surface area contributed by atoms with Gasteiger partial charge >= 0.3 is 5.97 Å². The smallest absolute Gasteiger partial charge is 0.305 e. The molecule has 178 valence electrons. The van der Waals surface area contributed by atoms with Gasteiger partial charge in [0.15, 0.2) is 18.1 Å². The molecule has 0 aromatic heterocycles. The molecule has 1 fully saturated rings. The van der Waals surface area contributed by atoms with E-state index in [1.165, 1.54) is 12.0 Å². The molecular weight excluding hydrogens is 523 g/mol. The van der Waals surface area contributed by atoms with Gasteiger partial charge in [-0.05, 0) is 48.0 Å². The number of methoxy groups -OCH3 is 1. The average molecular weight is 541 g/mol. The van der Waals surface area contributed by atoms with Crippen molar-refractivity contribution in [2.45, 2.75) is 6.42 Å². The average Bonchev–Trinajstić information content (AvgIpc) is 3.04. The summed E-state index contributed by atoms with van der Waals surface area (Å²) in [5.41, 5.74) is 1.10. The topological polar surface area (TPSA) is 105 Å². The van der Waals surface area contributed by atoms with Crippen LogP contribution in [0.2, 0.25) is 10.0 Å². The van der Waals surface area contributed by atoms with Crippen molar-refractivity contribution in [2.75, 3.05) is 25.6 Å². The minimum atomic E-state index is -1.02. The lowest BCUT2D eigenvalue weighted by Gasteiger charge is -2.14. The summed E-state index contributed by atoms with van der Waals surface area (Å²) >= 11 is 18.5. The van der Waals surface area contributed by atoms with Gasteiger partial charge in [0.1, 0.15) is 4.32 Å². The second-order valence-electron chi connectivity index (χ2n) is 6.85. The molecule has 1 saturated heterocycles. The van der Waals surface area contributed by atoms with Crippen LogP contribution in [0.4, 0.5) is 5.69 Å². The zero-order valence-corrected chi connectivity index (χ0v) is 20.8. The molecule has 0 atom stereocenters. The molecule has 0 bridgehead atoms. The first-order valence-electron chi connectivity index (χ1n) is 9.71. The fourth-order valence-corrected chi connectivity index (χ4v) is 4.59. The Morgan fingerprint density at radius 1 is 1.24 bits per heavy atom. The summed E-state index contributed by atoms with van der Waals surface area (Å²) in [5, 5.41) is 12.2. The van der Waals surface area contributed by atoms with Crippen LogP contribution >= 0.6 is 47.2 Å². The van der Waals surface area contributed by atoms with E-state index in [4.69, 9.17) is 50.0 Å².